The number of hydrogen-bond acceptors (Lipinski definition) is 3. The molecule has 0 saturated heterocycles. The zero-order valence-electron chi connectivity index (χ0n) is 11.4. The van der Waals surface area contributed by atoms with Gasteiger partial charge in [-0.1, -0.05) is 31.2 Å². The van der Waals surface area contributed by atoms with Crippen molar-refractivity contribution in [3.8, 4) is 0 Å². The molecule has 2 rings (SSSR count). The van der Waals surface area contributed by atoms with Crippen molar-refractivity contribution in [1.29, 1.82) is 0 Å². The van der Waals surface area contributed by atoms with Gasteiger partial charge in [0.2, 0.25) is 10.0 Å². The monoisotopic (exact) mass is 282 g/mol. The third-order valence-corrected chi connectivity index (χ3v) is 4.54. The van der Waals surface area contributed by atoms with Crippen LogP contribution in [0, 0.1) is 5.92 Å². The first-order valence-corrected chi connectivity index (χ1v) is 8.50. The molecule has 19 heavy (non-hydrogen) atoms. The van der Waals surface area contributed by atoms with Crippen LogP contribution < -0.4 is 10.0 Å². The number of nitrogens with one attached hydrogen (secondary N) is 2. The second-order valence-electron chi connectivity index (χ2n) is 5.15. The zero-order chi connectivity index (χ0) is 13.7. The highest BCUT2D eigenvalue weighted by Gasteiger charge is 2.23. The molecule has 0 heterocycles. The van der Waals surface area contributed by atoms with E-state index in [-0.39, 0.29) is 5.75 Å². The maximum atomic E-state index is 11.9. The number of hydrogen-bond donors (Lipinski definition) is 2. The molecule has 0 spiro atoms. The van der Waals surface area contributed by atoms with E-state index in [4.69, 9.17) is 0 Å². The van der Waals surface area contributed by atoms with Crippen molar-refractivity contribution >= 4 is 10.0 Å². The van der Waals surface area contributed by atoms with Crippen LogP contribution in [0.3, 0.4) is 0 Å². The lowest BCUT2D eigenvalue weighted by Crippen LogP contribution is -2.27. The standard InChI is InChI=1S/C14H22N2O2S/c1-2-15-9-13-4-3-5-14(8-13)11-19(17,18)16-10-12-6-7-12/h3-5,8,12,15-16H,2,6-7,9-11H2,1H3. The summed E-state index contributed by atoms with van der Waals surface area (Å²) in [6.07, 6.45) is 2.31. The predicted octanol–water partition coefficient (Wildman–Crippen LogP) is 1.63. The summed E-state index contributed by atoms with van der Waals surface area (Å²) in [5.41, 5.74) is 1.97. The molecule has 1 aliphatic carbocycles. The first-order chi connectivity index (χ1) is 9.09. The van der Waals surface area contributed by atoms with Gasteiger partial charge in [-0.3, -0.25) is 0 Å². The molecule has 1 saturated carbocycles. The van der Waals surface area contributed by atoms with Gasteiger partial charge in [0.05, 0.1) is 5.75 Å². The lowest BCUT2D eigenvalue weighted by atomic mass is 10.1. The Morgan fingerprint density at radius 3 is 2.68 bits per heavy atom. The van der Waals surface area contributed by atoms with Crippen molar-refractivity contribution in [2.45, 2.75) is 32.1 Å². The molecule has 0 amide bonds. The van der Waals surface area contributed by atoms with Crippen molar-refractivity contribution in [3.63, 3.8) is 0 Å². The van der Waals surface area contributed by atoms with Gasteiger partial charge in [-0.2, -0.15) is 0 Å². The Morgan fingerprint density at radius 2 is 2.00 bits per heavy atom. The summed E-state index contributed by atoms with van der Waals surface area (Å²) in [6, 6.07) is 7.75. The van der Waals surface area contributed by atoms with Crippen molar-refractivity contribution in [2.75, 3.05) is 13.1 Å². The largest absolute Gasteiger partial charge is 0.313 e. The molecule has 4 nitrogen and oxygen atoms in total. The minimum absolute atomic E-state index is 0.0691. The molecule has 1 aliphatic rings. The molecule has 5 heteroatoms. The highest BCUT2D eigenvalue weighted by Crippen LogP contribution is 2.27. The van der Waals surface area contributed by atoms with Gasteiger partial charge in [-0.25, -0.2) is 13.1 Å². The smallest absolute Gasteiger partial charge is 0.215 e. The highest BCUT2D eigenvalue weighted by molar-refractivity contribution is 7.88. The molecule has 0 aromatic heterocycles. The van der Waals surface area contributed by atoms with Gasteiger partial charge >= 0.3 is 0 Å². The summed E-state index contributed by atoms with van der Waals surface area (Å²) < 4.78 is 26.6. The minimum Gasteiger partial charge on any atom is -0.313 e. The van der Waals surface area contributed by atoms with Crippen molar-refractivity contribution in [3.05, 3.63) is 35.4 Å². The Hall–Kier alpha value is -0.910. The van der Waals surface area contributed by atoms with Crippen LogP contribution in [0.1, 0.15) is 30.9 Å². The van der Waals surface area contributed by atoms with Crippen molar-refractivity contribution in [1.82, 2.24) is 10.0 Å². The van der Waals surface area contributed by atoms with E-state index in [2.05, 4.69) is 17.0 Å². The third-order valence-electron chi connectivity index (χ3n) is 3.22. The van der Waals surface area contributed by atoms with Gasteiger partial charge in [0.25, 0.3) is 0 Å². The Kier molecular flexibility index (Phi) is 4.96. The van der Waals surface area contributed by atoms with Crippen LogP contribution in [0.15, 0.2) is 24.3 Å². The summed E-state index contributed by atoms with van der Waals surface area (Å²) >= 11 is 0. The fourth-order valence-electron chi connectivity index (χ4n) is 1.94. The quantitative estimate of drug-likeness (QED) is 0.762. The molecule has 106 valence electrons. The van der Waals surface area contributed by atoms with E-state index >= 15 is 0 Å². The molecular weight excluding hydrogens is 260 g/mol. The van der Waals surface area contributed by atoms with E-state index in [9.17, 15) is 8.42 Å². The topological polar surface area (TPSA) is 58.2 Å². The number of rotatable bonds is 8. The van der Waals surface area contributed by atoms with Crippen LogP contribution >= 0.6 is 0 Å². The Labute approximate surface area is 115 Å². The van der Waals surface area contributed by atoms with Gasteiger partial charge < -0.3 is 5.32 Å². The second-order valence-corrected chi connectivity index (χ2v) is 6.96. The Bertz CT molecular complexity index is 510. The molecule has 0 atom stereocenters. The maximum Gasteiger partial charge on any atom is 0.215 e. The third kappa shape index (κ3) is 5.30. The summed E-state index contributed by atoms with van der Waals surface area (Å²) in [6.45, 7) is 4.33. The van der Waals surface area contributed by atoms with E-state index in [1.165, 1.54) is 0 Å². The summed E-state index contributed by atoms with van der Waals surface area (Å²) in [5, 5.41) is 3.24. The normalized spacial score (nSPS) is 15.6. The van der Waals surface area contributed by atoms with E-state index in [1.54, 1.807) is 0 Å². The SMILES string of the molecule is CCNCc1cccc(CS(=O)(=O)NCC2CC2)c1. The first kappa shape index (κ1) is 14.5. The zero-order valence-corrected chi connectivity index (χ0v) is 12.2. The molecule has 0 aliphatic heterocycles. The Morgan fingerprint density at radius 1 is 1.26 bits per heavy atom. The van der Waals surface area contributed by atoms with Crippen LogP contribution in [0.2, 0.25) is 0 Å². The molecule has 0 bridgehead atoms. The van der Waals surface area contributed by atoms with Gasteiger partial charge in [0.1, 0.15) is 0 Å². The average molecular weight is 282 g/mol. The van der Waals surface area contributed by atoms with E-state index in [1.807, 2.05) is 24.3 Å². The summed E-state index contributed by atoms with van der Waals surface area (Å²) in [7, 11) is -3.20. The summed E-state index contributed by atoms with van der Waals surface area (Å²) in [4.78, 5) is 0. The molecule has 1 aromatic rings. The van der Waals surface area contributed by atoms with E-state index < -0.39 is 10.0 Å². The van der Waals surface area contributed by atoms with Crippen molar-refractivity contribution in [2.24, 2.45) is 5.92 Å². The molecule has 1 aromatic carbocycles. The van der Waals surface area contributed by atoms with Crippen LogP contribution in [-0.2, 0) is 22.3 Å². The van der Waals surface area contributed by atoms with Crippen molar-refractivity contribution < 1.29 is 8.42 Å². The number of sulfonamides is 1. The van der Waals surface area contributed by atoms with Crippen LogP contribution in [-0.4, -0.2) is 21.5 Å². The highest BCUT2D eigenvalue weighted by atomic mass is 32.2. The average Bonchev–Trinajstić information content (AvgIpc) is 3.18. The maximum absolute atomic E-state index is 11.9. The second kappa shape index (κ2) is 6.50. The van der Waals surface area contributed by atoms with E-state index in [0.29, 0.717) is 12.5 Å². The van der Waals surface area contributed by atoms with E-state index in [0.717, 1.165) is 37.1 Å². The summed E-state index contributed by atoms with van der Waals surface area (Å²) in [5.74, 6) is 0.634. The molecule has 2 N–H and O–H groups in total. The van der Waals surface area contributed by atoms with Gasteiger partial charge in [-0.15, -0.1) is 0 Å². The van der Waals surface area contributed by atoms with Gasteiger partial charge in [-0.05, 0) is 36.4 Å². The van der Waals surface area contributed by atoms with Gasteiger partial charge in [0, 0.05) is 13.1 Å². The van der Waals surface area contributed by atoms with Crippen LogP contribution in [0.5, 0.6) is 0 Å². The van der Waals surface area contributed by atoms with Gasteiger partial charge in [0.15, 0.2) is 0 Å². The van der Waals surface area contributed by atoms with Crippen LogP contribution in [0.25, 0.3) is 0 Å². The fourth-order valence-corrected chi connectivity index (χ4v) is 3.15. The number of benzene rings is 1. The lowest BCUT2D eigenvalue weighted by molar-refractivity contribution is 0.576. The first-order valence-electron chi connectivity index (χ1n) is 6.85. The molecule has 0 radical (unpaired) electrons. The fraction of sp³-hybridized carbons (Fsp3) is 0.571. The molecule has 0 unspecified atom stereocenters. The Balaban J connectivity index is 1.92. The molecular formula is C14H22N2O2S. The lowest BCUT2D eigenvalue weighted by Gasteiger charge is -2.08. The van der Waals surface area contributed by atoms with Crippen LogP contribution in [0.4, 0.5) is 0 Å². The minimum atomic E-state index is -3.20. The molecule has 1 fully saturated rings. The predicted molar refractivity (Wildman–Crippen MR) is 77.2 cm³/mol.